The molecule has 28 heteroatoms. The van der Waals surface area contributed by atoms with Crippen molar-refractivity contribution in [1.82, 2.24) is 39.7 Å². The van der Waals surface area contributed by atoms with E-state index in [2.05, 4.69) is 30.6 Å². The fraction of sp³-hybridized carbons (Fsp3) is 0.270. The molecule has 6 aromatic carbocycles. The molecule has 2 amide bonds. The van der Waals surface area contributed by atoms with Gasteiger partial charge in [0.1, 0.15) is 71.0 Å². The summed E-state index contributed by atoms with van der Waals surface area (Å²) >= 11 is 0. The van der Waals surface area contributed by atoms with E-state index >= 15 is 17.6 Å². The zero-order valence-corrected chi connectivity index (χ0v) is 55.5. The Hall–Kier alpha value is -11.9. The molecular weight excluding hydrogens is 1330 g/mol. The van der Waals surface area contributed by atoms with E-state index in [0.29, 0.717) is 22.1 Å². The van der Waals surface area contributed by atoms with Crippen LogP contribution in [0.3, 0.4) is 0 Å². The Morgan fingerprint density at radius 1 is 0.500 bits per heavy atom. The first-order chi connectivity index (χ1) is 48.6. The molecule has 22 nitrogen and oxygen atoms in total. The number of carbonyl (C=O) groups is 4. The number of nitrogens with one attached hydrogen (secondary N) is 2. The smallest absolute Gasteiger partial charge is 0.408 e. The average molecular weight is 1400 g/mol. The number of carboxylic acids is 2. The van der Waals surface area contributed by atoms with Crippen molar-refractivity contribution in [2.45, 2.75) is 103 Å². The van der Waals surface area contributed by atoms with Gasteiger partial charge in [0, 0.05) is 47.2 Å². The van der Waals surface area contributed by atoms with E-state index in [0.717, 1.165) is 36.4 Å². The summed E-state index contributed by atoms with van der Waals surface area (Å²) in [6.45, 7) is 10.4. The third-order valence-electron chi connectivity index (χ3n) is 16.3. The minimum atomic E-state index is -1.16. The first-order valence-electron chi connectivity index (χ1n) is 31.7. The van der Waals surface area contributed by atoms with Gasteiger partial charge < -0.3 is 58.4 Å². The van der Waals surface area contributed by atoms with Crippen LogP contribution in [0, 0.1) is 57.6 Å². The van der Waals surface area contributed by atoms with Crippen molar-refractivity contribution in [3.05, 3.63) is 225 Å². The molecule has 0 spiro atoms. The zero-order valence-electron chi connectivity index (χ0n) is 55.5. The number of pyridine rings is 2. The molecule has 2 saturated heterocycles. The first kappa shape index (κ1) is 71.4. The lowest BCUT2D eigenvalue weighted by molar-refractivity contribution is 0.0481. The van der Waals surface area contributed by atoms with Gasteiger partial charge in [-0.05, 0) is 150 Å². The van der Waals surface area contributed by atoms with Gasteiger partial charge in [0.05, 0.1) is 118 Å². The van der Waals surface area contributed by atoms with E-state index in [9.17, 15) is 38.2 Å². The highest BCUT2D eigenvalue weighted by Gasteiger charge is 2.38. The van der Waals surface area contributed by atoms with Crippen LogP contribution < -0.4 is 20.1 Å². The van der Waals surface area contributed by atoms with Gasteiger partial charge in [-0.1, -0.05) is 24.3 Å². The van der Waals surface area contributed by atoms with E-state index in [1.807, 2.05) is 12.1 Å². The molecule has 102 heavy (non-hydrogen) atoms. The van der Waals surface area contributed by atoms with Gasteiger partial charge >= 0.3 is 24.1 Å². The normalized spacial score (nSPS) is 15.8. The summed E-state index contributed by atoms with van der Waals surface area (Å²) in [4.78, 5) is 66.9. The lowest BCUT2D eigenvalue weighted by atomic mass is 10.0. The van der Waals surface area contributed by atoms with Crippen LogP contribution in [-0.2, 0) is 45.0 Å². The number of carboxylic acid groups (broad SMARTS) is 2. The van der Waals surface area contributed by atoms with Gasteiger partial charge in [-0.25, -0.2) is 65.5 Å². The fourth-order valence-electron chi connectivity index (χ4n) is 11.6. The minimum absolute atomic E-state index is 0.00640. The molecule has 524 valence electrons. The number of imidazole rings is 2. The molecule has 0 aliphatic carbocycles. The summed E-state index contributed by atoms with van der Waals surface area (Å²) in [6, 6.07) is 31.1. The topological polar surface area (TPSA) is 297 Å². The third-order valence-corrected chi connectivity index (χ3v) is 16.3. The van der Waals surface area contributed by atoms with Crippen LogP contribution >= 0.6 is 0 Å². The van der Waals surface area contributed by atoms with Crippen LogP contribution in [-0.4, -0.2) is 113 Å². The maximum absolute atomic E-state index is 15.8. The Morgan fingerprint density at radius 3 is 1.25 bits per heavy atom. The van der Waals surface area contributed by atoms with Crippen molar-refractivity contribution in [3.63, 3.8) is 0 Å². The van der Waals surface area contributed by atoms with Crippen LogP contribution in [0.25, 0.3) is 44.6 Å². The number of nitrogens with zero attached hydrogens (tertiary/aromatic N) is 8. The summed E-state index contributed by atoms with van der Waals surface area (Å²) in [5.41, 5.74) is 0.603. The first-order valence-corrected chi connectivity index (χ1v) is 31.7. The van der Waals surface area contributed by atoms with Gasteiger partial charge in [0.25, 0.3) is 0 Å². The van der Waals surface area contributed by atoms with Crippen molar-refractivity contribution in [2.75, 3.05) is 26.4 Å². The largest absolute Gasteiger partial charge is 0.478 e. The van der Waals surface area contributed by atoms with Crippen LogP contribution in [0.5, 0.6) is 11.8 Å². The Labute approximate surface area is 578 Å². The molecule has 2 fully saturated rings. The second-order valence-corrected chi connectivity index (χ2v) is 25.9. The number of aromatic nitrogens is 6. The van der Waals surface area contributed by atoms with Crippen LogP contribution in [0.1, 0.15) is 119 Å². The Morgan fingerprint density at radius 2 is 0.892 bits per heavy atom. The van der Waals surface area contributed by atoms with Gasteiger partial charge in [-0.3, -0.25) is 0 Å². The monoisotopic (exact) mass is 1400 g/mol. The summed E-state index contributed by atoms with van der Waals surface area (Å²) in [5, 5.41) is 42.9. The molecule has 2 aliphatic heterocycles. The highest BCUT2D eigenvalue weighted by molar-refractivity contribution is 5.93. The van der Waals surface area contributed by atoms with Crippen molar-refractivity contribution in [2.24, 2.45) is 0 Å². The molecule has 0 radical (unpaired) electrons. The number of hydrogen-bond acceptors (Lipinski definition) is 16. The Balaban J connectivity index is 0.000000205. The molecule has 6 heterocycles. The summed E-state index contributed by atoms with van der Waals surface area (Å²) in [6.07, 6.45) is -1.73. The molecule has 4 aromatic heterocycles. The number of benzene rings is 6. The third kappa shape index (κ3) is 16.7. The lowest BCUT2D eigenvalue weighted by Gasteiger charge is -2.25. The van der Waals surface area contributed by atoms with E-state index in [4.69, 9.17) is 38.9 Å². The summed E-state index contributed by atoms with van der Waals surface area (Å²) in [7, 11) is 0. The van der Waals surface area contributed by atoms with Crippen LogP contribution in [0.15, 0.2) is 133 Å². The second-order valence-electron chi connectivity index (χ2n) is 25.9. The number of carbonyl (C=O) groups excluding carboxylic acids is 2. The SMILES string of the molecule is CC(C)(C)OC(=O)N[C@@H]1COC[C@@H]1n1c(Cc2cc(F)c(-c3cccc(OCc4ccc(C#N)cc4F)n3)cc2F)nc2ccc(C(=O)O)cc21.CC(C)(C)OC(=O)N[C@@H]1COC[C@@H]1n1c(Cc2cc(F)c(-c3cccc(OCc4ccc(C#N)cc4F)n3)cc2F)nc2ccc(C(=O)O)cc21. The van der Waals surface area contributed by atoms with Gasteiger partial charge in [-0.2, -0.15) is 10.5 Å². The number of ether oxygens (including phenoxy) is 6. The van der Waals surface area contributed by atoms with Crippen molar-refractivity contribution in [3.8, 4) is 46.4 Å². The van der Waals surface area contributed by atoms with Crippen LogP contribution in [0.2, 0.25) is 0 Å². The number of aromatic carboxylic acids is 2. The number of hydrogen-bond donors (Lipinski definition) is 4. The van der Waals surface area contributed by atoms with Gasteiger partial charge in [0.15, 0.2) is 0 Å². The number of fused-ring (bicyclic) bond motifs is 2. The van der Waals surface area contributed by atoms with Crippen molar-refractivity contribution in [1.29, 1.82) is 10.5 Å². The predicted octanol–water partition coefficient (Wildman–Crippen LogP) is 13.4. The Bertz CT molecular complexity index is 4690. The van der Waals surface area contributed by atoms with Gasteiger partial charge in [0.2, 0.25) is 11.8 Å². The lowest BCUT2D eigenvalue weighted by Crippen LogP contribution is -2.43. The summed E-state index contributed by atoms with van der Waals surface area (Å²) < 4.78 is 129. The number of rotatable bonds is 18. The quantitative estimate of drug-likeness (QED) is 0.0580. The van der Waals surface area contributed by atoms with E-state index in [-0.39, 0.29) is 143 Å². The molecule has 0 bridgehead atoms. The number of amides is 2. The molecular formula is C74H64F6N10O12. The molecule has 4 N–H and O–H groups in total. The van der Waals surface area contributed by atoms with E-state index in [1.165, 1.54) is 97.1 Å². The minimum Gasteiger partial charge on any atom is -0.478 e. The number of nitriles is 2. The van der Waals surface area contributed by atoms with E-state index < -0.39 is 94.4 Å². The number of halogens is 6. The van der Waals surface area contributed by atoms with Crippen LogP contribution in [0.4, 0.5) is 35.9 Å². The highest BCUT2D eigenvalue weighted by Crippen LogP contribution is 2.35. The fourth-order valence-corrected chi connectivity index (χ4v) is 11.6. The number of alkyl carbamates (subject to hydrolysis) is 2. The predicted molar refractivity (Wildman–Crippen MR) is 355 cm³/mol. The summed E-state index contributed by atoms with van der Waals surface area (Å²) in [5.74, 6) is -5.98. The molecule has 10 aromatic rings. The zero-order chi connectivity index (χ0) is 72.9. The molecule has 0 unspecified atom stereocenters. The average Bonchev–Trinajstić information content (AvgIpc) is 1.61. The van der Waals surface area contributed by atoms with E-state index in [1.54, 1.807) is 50.7 Å². The molecule has 4 atom stereocenters. The maximum atomic E-state index is 15.8. The maximum Gasteiger partial charge on any atom is 0.408 e. The molecule has 0 saturated carbocycles. The second kappa shape index (κ2) is 29.9. The standard InChI is InChI=1S/2C37H32F3N5O6/c2*1-37(2,3)51-36(48)44-30-18-49-19-32(30)45-31-13-21(35(46)47)9-10-29(31)42-33(45)14-23-12-27(40)24(15-26(23)39)28-5-4-6-34(43-28)50-17-22-8-7-20(16-41)11-25(22)38/h2*4-13,15,30,32H,14,17-19H2,1-3H3,(H,44,48)(H,46,47)/t2*30-,32+/m11/s1. The van der Waals surface area contributed by atoms with Gasteiger partial charge in [-0.15, -0.1) is 0 Å². The van der Waals surface area contributed by atoms with Crippen molar-refractivity contribution >= 4 is 46.2 Å². The highest BCUT2D eigenvalue weighted by atomic mass is 19.1. The van der Waals surface area contributed by atoms with Crippen molar-refractivity contribution < 1.29 is 84.2 Å². The molecule has 12 rings (SSSR count). The molecule has 2 aliphatic rings. The Kier molecular flexibility index (Phi) is 20.9.